The number of aliphatic hydroxyl groups is 1. The van der Waals surface area contributed by atoms with Gasteiger partial charge in [0.2, 0.25) is 5.91 Å². The minimum absolute atomic E-state index is 0.0174. The van der Waals surface area contributed by atoms with Crippen molar-refractivity contribution in [2.75, 3.05) is 21.3 Å². The Morgan fingerprint density at radius 1 is 0.838 bits per heavy atom. The molecule has 3 aromatic carbocycles. The molecule has 3 atom stereocenters. The van der Waals surface area contributed by atoms with Crippen LogP contribution < -0.4 is 9.47 Å². The van der Waals surface area contributed by atoms with Crippen molar-refractivity contribution in [2.45, 2.75) is 58.0 Å². The molecule has 0 heterocycles. The van der Waals surface area contributed by atoms with Gasteiger partial charge in [-0.1, -0.05) is 61.5 Å². The lowest BCUT2D eigenvalue weighted by Crippen LogP contribution is -2.43. The van der Waals surface area contributed by atoms with Gasteiger partial charge in [-0.2, -0.15) is 0 Å². The Kier molecular flexibility index (Phi) is 10.5. The van der Waals surface area contributed by atoms with Crippen molar-refractivity contribution in [3.05, 3.63) is 95.6 Å². The van der Waals surface area contributed by atoms with Gasteiger partial charge in [0.15, 0.2) is 0 Å². The standard InChI is InChI=1S/C31H40N2O4/c1-6-27(20-30(34)32(3)23(2)31(35)26-10-8-7-9-11-26)33(21-24-12-16-28(36-4)17-13-24)22-25-14-18-29(37-5)19-15-25/h7-19,23,27,31,35H,6,20-22H2,1-5H3/t23-,27+,31+/m0/s1. The van der Waals surface area contributed by atoms with Crippen LogP contribution in [0.4, 0.5) is 0 Å². The predicted molar refractivity (Wildman–Crippen MR) is 148 cm³/mol. The van der Waals surface area contributed by atoms with Crippen LogP contribution in [0.15, 0.2) is 78.9 Å². The second kappa shape index (κ2) is 13.8. The molecule has 0 aromatic heterocycles. The van der Waals surface area contributed by atoms with Gasteiger partial charge in [0.05, 0.1) is 26.4 Å². The fourth-order valence-electron chi connectivity index (χ4n) is 4.49. The summed E-state index contributed by atoms with van der Waals surface area (Å²) in [5.74, 6) is 1.66. The van der Waals surface area contributed by atoms with Crippen molar-refractivity contribution in [1.82, 2.24) is 9.80 Å². The first kappa shape index (κ1) is 28.2. The van der Waals surface area contributed by atoms with E-state index in [1.165, 1.54) is 0 Å². The molecule has 0 aliphatic carbocycles. The van der Waals surface area contributed by atoms with Gasteiger partial charge >= 0.3 is 0 Å². The molecule has 0 saturated heterocycles. The van der Waals surface area contributed by atoms with Gasteiger partial charge in [-0.05, 0) is 54.3 Å². The fourth-order valence-corrected chi connectivity index (χ4v) is 4.49. The summed E-state index contributed by atoms with van der Waals surface area (Å²) in [5.41, 5.74) is 3.12. The SMILES string of the molecule is CC[C@H](CC(=O)N(C)[C@@H](C)[C@@H](O)c1ccccc1)N(Cc1ccc(OC)cc1)Cc1ccc(OC)cc1. The molecule has 6 nitrogen and oxygen atoms in total. The lowest BCUT2D eigenvalue weighted by Gasteiger charge is -2.34. The number of ether oxygens (including phenoxy) is 2. The molecule has 0 aliphatic rings. The van der Waals surface area contributed by atoms with E-state index in [9.17, 15) is 9.90 Å². The van der Waals surface area contributed by atoms with Crippen LogP contribution in [0.5, 0.6) is 11.5 Å². The maximum atomic E-state index is 13.4. The van der Waals surface area contributed by atoms with E-state index in [1.54, 1.807) is 26.2 Å². The topological polar surface area (TPSA) is 62.2 Å². The number of hydrogen-bond donors (Lipinski definition) is 1. The number of carbonyl (C=O) groups excluding carboxylic acids is 1. The summed E-state index contributed by atoms with van der Waals surface area (Å²) in [7, 11) is 5.11. The third kappa shape index (κ3) is 7.81. The van der Waals surface area contributed by atoms with Crippen LogP contribution in [0.3, 0.4) is 0 Å². The van der Waals surface area contributed by atoms with E-state index in [-0.39, 0.29) is 18.0 Å². The highest BCUT2D eigenvalue weighted by atomic mass is 16.5. The van der Waals surface area contributed by atoms with Crippen LogP contribution in [-0.4, -0.2) is 54.2 Å². The van der Waals surface area contributed by atoms with Crippen LogP contribution >= 0.6 is 0 Å². The first-order valence-corrected chi connectivity index (χ1v) is 12.8. The summed E-state index contributed by atoms with van der Waals surface area (Å²) in [6.07, 6.45) is 0.442. The number of aliphatic hydroxyl groups excluding tert-OH is 1. The van der Waals surface area contributed by atoms with E-state index in [1.807, 2.05) is 61.5 Å². The van der Waals surface area contributed by atoms with E-state index in [2.05, 4.69) is 36.1 Å². The van der Waals surface area contributed by atoms with E-state index >= 15 is 0 Å². The zero-order valence-electron chi connectivity index (χ0n) is 22.6. The van der Waals surface area contributed by atoms with Gasteiger partial charge in [0.1, 0.15) is 11.5 Å². The Morgan fingerprint density at radius 3 is 1.76 bits per heavy atom. The van der Waals surface area contributed by atoms with E-state index < -0.39 is 6.10 Å². The molecule has 0 spiro atoms. The van der Waals surface area contributed by atoms with Gasteiger partial charge in [-0.3, -0.25) is 9.69 Å². The third-order valence-corrected chi connectivity index (χ3v) is 7.09. The van der Waals surface area contributed by atoms with E-state index in [0.29, 0.717) is 19.5 Å². The average molecular weight is 505 g/mol. The summed E-state index contributed by atoms with van der Waals surface area (Å²) in [4.78, 5) is 17.5. The minimum atomic E-state index is -0.745. The lowest BCUT2D eigenvalue weighted by atomic mass is 10.0. The Hall–Kier alpha value is -3.35. The van der Waals surface area contributed by atoms with Crippen LogP contribution in [0.25, 0.3) is 0 Å². The Labute approximate surface area is 221 Å². The van der Waals surface area contributed by atoms with Crippen LogP contribution in [0.2, 0.25) is 0 Å². The van der Waals surface area contributed by atoms with Crippen molar-refractivity contribution in [3.63, 3.8) is 0 Å². The number of methoxy groups -OCH3 is 2. The monoisotopic (exact) mass is 504 g/mol. The quantitative estimate of drug-likeness (QED) is 0.335. The lowest BCUT2D eigenvalue weighted by molar-refractivity contribution is -0.135. The molecule has 0 radical (unpaired) electrons. The maximum absolute atomic E-state index is 13.4. The molecule has 37 heavy (non-hydrogen) atoms. The zero-order chi connectivity index (χ0) is 26.8. The highest BCUT2D eigenvalue weighted by Crippen LogP contribution is 2.24. The Bertz CT molecular complexity index is 1040. The number of amides is 1. The molecular weight excluding hydrogens is 464 g/mol. The second-order valence-electron chi connectivity index (χ2n) is 9.47. The van der Waals surface area contributed by atoms with Crippen molar-refractivity contribution >= 4 is 5.91 Å². The molecule has 0 saturated carbocycles. The average Bonchev–Trinajstić information content (AvgIpc) is 2.95. The number of rotatable bonds is 13. The first-order valence-electron chi connectivity index (χ1n) is 12.8. The summed E-state index contributed by atoms with van der Waals surface area (Å²) in [5, 5.41) is 10.9. The smallest absolute Gasteiger partial charge is 0.224 e. The molecule has 198 valence electrons. The van der Waals surface area contributed by atoms with Crippen molar-refractivity contribution < 1.29 is 19.4 Å². The molecule has 6 heteroatoms. The van der Waals surface area contributed by atoms with Gasteiger partial charge in [-0.25, -0.2) is 0 Å². The maximum Gasteiger partial charge on any atom is 0.224 e. The van der Waals surface area contributed by atoms with Crippen LogP contribution in [0, 0.1) is 0 Å². The van der Waals surface area contributed by atoms with Crippen LogP contribution in [-0.2, 0) is 17.9 Å². The molecule has 3 aromatic rings. The van der Waals surface area contributed by atoms with E-state index in [4.69, 9.17) is 9.47 Å². The van der Waals surface area contributed by atoms with Gasteiger partial charge in [0, 0.05) is 32.6 Å². The summed E-state index contributed by atoms with van der Waals surface area (Å²) in [6, 6.07) is 25.3. The second-order valence-corrected chi connectivity index (χ2v) is 9.47. The van der Waals surface area contributed by atoms with Gasteiger partial charge in [0.25, 0.3) is 0 Å². The van der Waals surface area contributed by atoms with E-state index in [0.717, 1.165) is 34.6 Å². The first-order chi connectivity index (χ1) is 17.9. The summed E-state index contributed by atoms with van der Waals surface area (Å²) < 4.78 is 10.6. The fraction of sp³-hybridized carbons (Fsp3) is 0.387. The molecule has 0 unspecified atom stereocenters. The predicted octanol–water partition coefficient (Wildman–Crippen LogP) is 5.46. The number of likely N-dealkylation sites (N-methyl/N-ethyl adjacent to an activating group) is 1. The normalized spacial score (nSPS) is 13.6. The van der Waals surface area contributed by atoms with Gasteiger partial charge in [-0.15, -0.1) is 0 Å². The van der Waals surface area contributed by atoms with Crippen LogP contribution in [0.1, 0.15) is 49.5 Å². The van der Waals surface area contributed by atoms with Gasteiger partial charge < -0.3 is 19.5 Å². The molecule has 0 bridgehead atoms. The minimum Gasteiger partial charge on any atom is -0.497 e. The van der Waals surface area contributed by atoms with Crippen molar-refractivity contribution in [3.8, 4) is 11.5 Å². The number of nitrogens with zero attached hydrogens (tertiary/aromatic N) is 2. The molecule has 0 fully saturated rings. The molecular formula is C31H40N2O4. The zero-order valence-corrected chi connectivity index (χ0v) is 22.6. The highest BCUT2D eigenvalue weighted by molar-refractivity contribution is 5.77. The Morgan fingerprint density at radius 2 is 1.32 bits per heavy atom. The molecule has 1 amide bonds. The highest BCUT2D eigenvalue weighted by Gasteiger charge is 2.28. The molecule has 3 rings (SSSR count). The number of benzene rings is 3. The van der Waals surface area contributed by atoms with Crippen molar-refractivity contribution in [1.29, 1.82) is 0 Å². The third-order valence-electron chi connectivity index (χ3n) is 7.09. The van der Waals surface area contributed by atoms with Crippen molar-refractivity contribution in [2.24, 2.45) is 0 Å². The molecule has 1 N–H and O–H groups in total. The largest absolute Gasteiger partial charge is 0.497 e. The Balaban J connectivity index is 1.77. The summed E-state index contributed by atoms with van der Waals surface area (Å²) >= 11 is 0. The number of hydrogen-bond acceptors (Lipinski definition) is 5. The summed E-state index contributed by atoms with van der Waals surface area (Å²) in [6.45, 7) is 5.42. The molecule has 0 aliphatic heterocycles. The number of carbonyl (C=O) groups is 1.